The van der Waals surface area contributed by atoms with Crippen molar-refractivity contribution < 1.29 is 0 Å². The van der Waals surface area contributed by atoms with Gasteiger partial charge in [0.25, 0.3) is 0 Å². The fourth-order valence-corrected chi connectivity index (χ4v) is 2.98. The van der Waals surface area contributed by atoms with Gasteiger partial charge in [0.15, 0.2) is 0 Å². The number of fused-ring (bicyclic) bond motifs is 3. The van der Waals surface area contributed by atoms with Gasteiger partial charge in [0.1, 0.15) is 0 Å². The van der Waals surface area contributed by atoms with Crippen LogP contribution < -0.4 is 0 Å². The van der Waals surface area contributed by atoms with Crippen LogP contribution in [0.2, 0.25) is 10.3 Å². The van der Waals surface area contributed by atoms with Crippen LogP contribution in [0.1, 0.15) is 16.8 Å². The van der Waals surface area contributed by atoms with Crippen LogP contribution >= 0.6 is 23.2 Å². The van der Waals surface area contributed by atoms with Crippen molar-refractivity contribution in [3.8, 4) is 0 Å². The van der Waals surface area contributed by atoms with E-state index in [2.05, 4.69) is 19.9 Å². The van der Waals surface area contributed by atoms with E-state index in [1.54, 1.807) is 12.4 Å². The summed E-state index contributed by atoms with van der Waals surface area (Å²) in [6.07, 6.45) is 4.29. The minimum Gasteiger partial charge on any atom is -0.353 e. The first-order chi connectivity index (χ1) is 10.2. The van der Waals surface area contributed by atoms with Gasteiger partial charge in [-0.3, -0.25) is 4.99 Å². The summed E-state index contributed by atoms with van der Waals surface area (Å²) in [6.45, 7) is 0.741. The number of nitrogens with one attached hydrogen (secondary N) is 1. The van der Waals surface area contributed by atoms with Crippen LogP contribution in [0.4, 0.5) is 0 Å². The van der Waals surface area contributed by atoms with E-state index in [0.717, 1.165) is 45.9 Å². The van der Waals surface area contributed by atoms with Gasteiger partial charge in [-0.1, -0.05) is 11.6 Å². The van der Waals surface area contributed by atoms with E-state index in [4.69, 9.17) is 23.2 Å². The largest absolute Gasteiger partial charge is 0.353 e. The van der Waals surface area contributed by atoms with Crippen molar-refractivity contribution in [2.45, 2.75) is 6.42 Å². The summed E-state index contributed by atoms with van der Waals surface area (Å²) in [5, 5.41) is 2.13. The Morgan fingerprint density at radius 3 is 2.71 bits per heavy atom. The van der Waals surface area contributed by atoms with Crippen molar-refractivity contribution in [1.29, 1.82) is 0 Å². The van der Waals surface area contributed by atoms with Crippen LogP contribution in [0.15, 0.2) is 35.6 Å². The minimum absolute atomic E-state index is 0.235. The molecule has 0 amide bonds. The highest BCUT2D eigenvalue weighted by molar-refractivity contribution is 6.31. The number of hydrogen-bond donors (Lipinski definition) is 1. The molecule has 1 aliphatic rings. The van der Waals surface area contributed by atoms with Gasteiger partial charge in [-0.25, -0.2) is 9.97 Å². The van der Waals surface area contributed by atoms with Crippen molar-refractivity contribution in [2.24, 2.45) is 4.99 Å². The summed E-state index contributed by atoms with van der Waals surface area (Å²) in [5.74, 6) is 0. The van der Waals surface area contributed by atoms with Gasteiger partial charge in [0.05, 0.1) is 11.4 Å². The first kappa shape index (κ1) is 12.8. The number of nitrogens with zero attached hydrogens (tertiary/aromatic N) is 3. The Hall–Kier alpha value is -1.91. The zero-order valence-electron chi connectivity index (χ0n) is 10.9. The molecule has 1 aromatic carbocycles. The number of benzene rings is 1. The van der Waals surface area contributed by atoms with Gasteiger partial charge in [-0.15, -0.1) is 0 Å². The third-order valence-electron chi connectivity index (χ3n) is 3.63. The molecule has 3 heterocycles. The molecule has 0 saturated carbocycles. The highest BCUT2D eigenvalue weighted by atomic mass is 35.5. The first-order valence-electron chi connectivity index (χ1n) is 6.55. The Kier molecular flexibility index (Phi) is 2.94. The van der Waals surface area contributed by atoms with Gasteiger partial charge in [-0.2, -0.15) is 0 Å². The molecule has 4 rings (SSSR count). The van der Waals surface area contributed by atoms with Crippen molar-refractivity contribution >= 4 is 39.8 Å². The summed E-state index contributed by atoms with van der Waals surface area (Å²) < 4.78 is 0. The summed E-state index contributed by atoms with van der Waals surface area (Å²) in [7, 11) is 0. The molecular formula is C15H10Cl2N4. The molecule has 0 fully saturated rings. The number of hydrogen-bond acceptors (Lipinski definition) is 3. The zero-order valence-corrected chi connectivity index (χ0v) is 12.4. The number of aromatic nitrogens is 3. The highest BCUT2D eigenvalue weighted by Crippen LogP contribution is 2.29. The fraction of sp³-hybridized carbons (Fsp3) is 0.133. The molecule has 4 nitrogen and oxygen atoms in total. The van der Waals surface area contributed by atoms with Crippen molar-refractivity contribution in [2.75, 3.05) is 6.54 Å². The van der Waals surface area contributed by atoms with E-state index in [9.17, 15) is 0 Å². The van der Waals surface area contributed by atoms with E-state index in [0.29, 0.717) is 0 Å². The number of halogens is 2. The van der Waals surface area contributed by atoms with Gasteiger partial charge in [0, 0.05) is 40.4 Å². The van der Waals surface area contributed by atoms with Gasteiger partial charge >= 0.3 is 0 Å². The standard InChI is InChI=1S/C15H10Cl2N4/c16-9-1-2-12-11(5-9)10-3-4-18-13(14(10)21-12)8-6-19-15(17)20-7-8/h1-2,5-7,21H,3-4H2. The lowest BCUT2D eigenvalue weighted by Crippen LogP contribution is -2.14. The Balaban J connectivity index is 1.92. The van der Waals surface area contributed by atoms with E-state index >= 15 is 0 Å². The van der Waals surface area contributed by atoms with Crippen LogP contribution in [0, 0.1) is 0 Å². The number of rotatable bonds is 1. The summed E-state index contributed by atoms with van der Waals surface area (Å²) >= 11 is 11.9. The number of aliphatic imine (C=N–C) groups is 1. The first-order valence-corrected chi connectivity index (χ1v) is 7.31. The molecule has 1 aliphatic heterocycles. The predicted molar refractivity (Wildman–Crippen MR) is 84.6 cm³/mol. The van der Waals surface area contributed by atoms with Crippen molar-refractivity contribution in [3.05, 3.63) is 57.7 Å². The number of H-pyrrole nitrogens is 1. The number of aromatic amines is 1. The molecule has 0 spiro atoms. The maximum Gasteiger partial charge on any atom is 0.222 e. The van der Waals surface area contributed by atoms with E-state index in [1.807, 2.05) is 18.2 Å². The van der Waals surface area contributed by atoms with E-state index in [-0.39, 0.29) is 5.28 Å². The zero-order chi connectivity index (χ0) is 14.4. The molecule has 0 aliphatic carbocycles. The average Bonchev–Trinajstić information content (AvgIpc) is 2.86. The van der Waals surface area contributed by atoms with Gasteiger partial charge in [0.2, 0.25) is 5.28 Å². The molecule has 0 radical (unpaired) electrons. The van der Waals surface area contributed by atoms with Crippen LogP contribution in [-0.2, 0) is 6.42 Å². The lowest BCUT2D eigenvalue weighted by atomic mass is 9.99. The Morgan fingerprint density at radius 2 is 1.90 bits per heavy atom. The monoisotopic (exact) mass is 316 g/mol. The maximum absolute atomic E-state index is 6.11. The lowest BCUT2D eigenvalue weighted by Gasteiger charge is -2.13. The third-order valence-corrected chi connectivity index (χ3v) is 4.06. The second-order valence-electron chi connectivity index (χ2n) is 4.89. The van der Waals surface area contributed by atoms with Crippen LogP contribution in [0.3, 0.4) is 0 Å². The molecular weight excluding hydrogens is 307 g/mol. The Bertz CT molecular complexity index is 865. The van der Waals surface area contributed by atoms with E-state index < -0.39 is 0 Å². The SMILES string of the molecule is Clc1ccc2[nH]c3c(c2c1)CCN=C3c1cnc(Cl)nc1. The van der Waals surface area contributed by atoms with Crippen LogP contribution in [0.25, 0.3) is 10.9 Å². The second kappa shape index (κ2) is 4.83. The molecule has 3 aromatic rings. The topological polar surface area (TPSA) is 53.9 Å². The van der Waals surface area contributed by atoms with E-state index in [1.165, 1.54) is 5.56 Å². The molecule has 1 N–H and O–H groups in total. The molecule has 2 aromatic heterocycles. The molecule has 21 heavy (non-hydrogen) atoms. The third kappa shape index (κ3) is 2.11. The minimum atomic E-state index is 0.235. The van der Waals surface area contributed by atoms with Crippen molar-refractivity contribution in [3.63, 3.8) is 0 Å². The summed E-state index contributed by atoms with van der Waals surface area (Å²) in [6, 6.07) is 5.87. The van der Waals surface area contributed by atoms with Gasteiger partial charge < -0.3 is 4.98 Å². The quantitative estimate of drug-likeness (QED) is 0.696. The maximum atomic E-state index is 6.11. The Morgan fingerprint density at radius 1 is 1.10 bits per heavy atom. The normalized spacial score (nSPS) is 14.1. The fourth-order valence-electron chi connectivity index (χ4n) is 2.71. The van der Waals surface area contributed by atoms with Crippen LogP contribution in [-0.4, -0.2) is 27.2 Å². The molecule has 6 heteroatoms. The molecule has 104 valence electrons. The highest BCUT2D eigenvalue weighted by Gasteiger charge is 2.21. The molecule has 0 bridgehead atoms. The lowest BCUT2D eigenvalue weighted by molar-refractivity contribution is 0.946. The molecule has 0 saturated heterocycles. The Labute approximate surface area is 130 Å². The molecule has 0 unspecified atom stereocenters. The summed E-state index contributed by atoms with van der Waals surface area (Å²) in [4.78, 5) is 16.1. The van der Waals surface area contributed by atoms with Crippen LogP contribution in [0.5, 0.6) is 0 Å². The molecule has 0 atom stereocenters. The predicted octanol–water partition coefficient (Wildman–Crippen LogP) is 3.66. The van der Waals surface area contributed by atoms with Crippen molar-refractivity contribution in [1.82, 2.24) is 15.0 Å². The average molecular weight is 317 g/mol. The summed E-state index contributed by atoms with van der Waals surface area (Å²) in [5.41, 5.74) is 5.06. The van der Waals surface area contributed by atoms with Gasteiger partial charge in [-0.05, 0) is 41.8 Å². The second-order valence-corrected chi connectivity index (χ2v) is 5.66. The smallest absolute Gasteiger partial charge is 0.222 e.